The summed E-state index contributed by atoms with van der Waals surface area (Å²) in [4.78, 5) is 0. The van der Waals surface area contributed by atoms with Crippen LogP contribution < -0.4 is 5.73 Å². The first-order valence-electron chi connectivity index (χ1n) is 6.56. The van der Waals surface area contributed by atoms with Gasteiger partial charge in [-0.15, -0.1) is 0 Å². The van der Waals surface area contributed by atoms with Crippen molar-refractivity contribution >= 4 is 0 Å². The molecule has 0 spiro atoms. The second-order valence-electron chi connectivity index (χ2n) is 5.73. The van der Waals surface area contributed by atoms with Gasteiger partial charge in [0.2, 0.25) is 0 Å². The fourth-order valence-electron chi connectivity index (χ4n) is 3.15. The maximum absolute atomic E-state index is 6.01. The van der Waals surface area contributed by atoms with Gasteiger partial charge < -0.3 is 10.5 Å². The second-order valence-corrected chi connectivity index (χ2v) is 5.73. The Hall–Kier alpha value is -0.0800. The van der Waals surface area contributed by atoms with Crippen LogP contribution in [0.2, 0.25) is 0 Å². The molecule has 1 aliphatic heterocycles. The number of nitrogens with two attached hydrogens (primary N) is 1. The summed E-state index contributed by atoms with van der Waals surface area (Å²) in [5, 5.41) is 0. The van der Waals surface area contributed by atoms with E-state index in [1.54, 1.807) is 0 Å². The van der Waals surface area contributed by atoms with Gasteiger partial charge in [-0.25, -0.2) is 0 Å². The SMILES string of the molecule is CC1CCC(CN)(CC2CCCO2)CC1. The van der Waals surface area contributed by atoms with Gasteiger partial charge in [-0.05, 0) is 50.0 Å². The molecule has 0 aromatic rings. The molecule has 0 amide bonds. The maximum Gasteiger partial charge on any atom is 0.0581 e. The Bertz CT molecular complexity index is 191. The summed E-state index contributed by atoms with van der Waals surface area (Å²) in [6.07, 6.45) is 9.62. The molecule has 1 saturated carbocycles. The Labute approximate surface area is 93.6 Å². The molecule has 2 N–H and O–H groups in total. The van der Waals surface area contributed by atoms with Crippen LogP contribution in [0.3, 0.4) is 0 Å². The minimum Gasteiger partial charge on any atom is -0.378 e. The first-order valence-corrected chi connectivity index (χ1v) is 6.56. The van der Waals surface area contributed by atoms with Crippen LogP contribution in [0.15, 0.2) is 0 Å². The van der Waals surface area contributed by atoms with E-state index >= 15 is 0 Å². The smallest absolute Gasteiger partial charge is 0.0581 e. The van der Waals surface area contributed by atoms with Crippen molar-refractivity contribution in [2.75, 3.05) is 13.2 Å². The Morgan fingerprint density at radius 3 is 2.53 bits per heavy atom. The third-order valence-corrected chi connectivity index (χ3v) is 4.45. The fraction of sp³-hybridized carbons (Fsp3) is 1.00. The summed E-state index contributed by atoms with van der Waals surface area (Å²) in [5.41, 5.74) is 6.42. The topological polar surface area (TPSA) is 35.2 Å². The van der Waals surface area contributed by atoms with Crippen molar-refractivity contribution in [3.63, 3.8) is 0 Å². The highest BCUT2D eigenvalue weighted by Crippen LogP contribution is 2.43. The van der Waals surface area contributed by atoms with Crippen LogP contribution in [0.1, 0.15) is 51.9 Å². The van der Waals surface area contributed by atoms with Crippen LogP contribution in [0, 0.1) is 11.3 Å². The van der Waals surface area contributed by atoms with Crippen LogP contribution in [-0.4, -0.2) is 19.3 Å². The molecule has 1 aliphatic carbocycles. The van der Waals surface area contributed by atoms with E-state index in [9.17, 15) is 0 Å². The number of hydrogen-bond donors (Lipinski definition) is 1. The second kappa shape index (κ2) is 4.84. The standard InChI is InChI=1S/C13H25NO/c1-11-4-6-13(10-14,7-5-11)9-12-3-2-8-15-12/h11-12H,2-10,14H2,1H3. The van der Waals surface area contributed by atoms with Gasteiger partial charge in [0.25, 0.3) is 0 Å². The lowest BCUT2D eigenvalue weighted by Gasteiger charge is -2.40. The lowest BCUT2D eigenvalue weighted by Crippen LogP contribution is -2.37. The molecule has 2 rings (SSSR count). The summed E-state index contributed by atoms with van der Waals surface area (Å²) in [6, 6.07) is 0. The van der Waals surface area contributed by atoms with Gasteiger partial charge in [0, 0.05) is 6.61 Å². The minimum atomic E-state index is 0.418. The summed E-state index contributed by atoms with van der Waals surface area (Å²) in [6.45, 7) is 4.20. The first-order chi connectivity index (χ1) is 7.24. The Kier molecular flexibility index (Phi) is 3.68. The van der Waals surface area contributed by atoms with Crippen molar-refractivity contribution in [2.45, 2.75) is 58.0 Å². The normalized spacial score (nSPS) is 42.0. The molecule has 0 aromatic heterocycles. The Balaban J connectivity index is 1.89. The van der Waals surface area contributed by atoms with E-state index in [1.807, 2.05) is 0 Å². The molecule has 1 heterocycles. The molecule has 15 heavy (non-hydrogen) atoms. The van der Waals surface area contributed by atoms with Crippen molar-refractivity contribution in [3.8, 4) is 0 Å². The first kappa shape index (κ1) is 11.4. The van der Waals surface area contributed by atoms with Crippen molar-refractivity contribution < 1.29 is 4.74 Å². The van der Waals surface area contributed by atoms with E-state index in [0.717, 1.165) is 19.1 Å². The van der Waals surface area contributed by atoms with E-state index in [4.69, 9.17) is 10.5 Å². The quantitative estimate of drug-likeness (QED) is 0.779. The molecule has 0 radical (unpaired) electrons. The average molecular weight is 211 g/mol. The fourth-order valence-corrected chi connectivity index (χ4v) is 3.15. The van der Waals surface area contributed by atoms with Crippen molar-refractivity contribution in [1.29, 1.82) is 0 Å². The Morgan fingerprint density at radius 1 is 1.27 bits per heavy atom. The Morgan fingerprint density at radius 2 is 2.00 bits per heavy atom. The molecule has 88 valence electrons. The molecule has 2 fully saturated rings. The molecular weight excluding hydrogens is 186 g/mol. The van der Waals surface area contributed by atoms with E-state index < -0.39 is 0 Å². The molecule has 1 saturated heterocycles. The third-order valence-electron chi connectivity index (χ3n) is 4.45. The van der Waals surface area contributed by atoms with Gasteiger partial charge in [0.05, 0.1) is 6.10 Å². The molecule has 0 bridgehead atoms. The minimum absolute atomic E-state index is 0.418. The number of ether oxygens (including phenoxy) is 1. The summed E-state index contributed by atoms with van der Waals surface area (Å²) in [7, 11) is 0. The van der Waals surface area contributed by atoms with Crippen LogP contribution in [0.25, 0.3) is 0 Å². The van der Waals surface area contributed by atoms with Gasteiger partial charge >= 0.3 is 0 Å². The predicted octanol–water partition coefficient (Wildman–Crippen LogP) is 2.71. The molecule has 1 atom stereocenters. The molecule has 1 unspecified atom stereocenters. The van der Waals surface area contributed by atoms with E-state index in [-0.39, 0.29) is 0 Å². The van der Waals surface area contributed by atoms with Crippen LogP contribution in [-0.2, 0) is 4.74 Å². The van der Waals surface area contributed by atoms with Crippen LogP contribution >= 0.6 is 0 Å². The predicted molar refractivity (Wildman–Crippen MR) is 62.7 cm³/mol. The monoisotopic (exact) mass is 211 g/mol. The lowest BCUT2D eigenvalue weighted by molar-refractivity contribution is 0.0403. The summed E-state index contributed by atoms with van der Waals surface area (Å²) in [5.74, 6) is 0.911. The highest BCUT2D eigenvalue weighted by molar-refractivity contribution is 4.88. The highest BCUT2D eigenvalue weighted by Gasteiger charge is 2.36. The molecule has 0 aromatic carbocycles. The van der Waals surface area contributed by atoms with Crippen molar-refractivity contribution in [3.05, 3.63) is 0 Å². The summed E-state index contributed by atoms with van der Waals surface area (Å²) < 4.78 is 5.75. The van der Waals surface area contributed by atoms with Crippen LogP contribution in [0.5, 0.6) is 0 Å². The molecule has 2 nitrogen and oxygen atoms in total. The summed E-state index contributed by atoms with van der Waals surface area (Å²) >= 11 is 0. The number of hydrogen-bond acceptors (Lipinski definition) is 2. The van der Waals surface area contributed by atoms with Gasteiger partial charge in [-0.2, -0.15) is 0 Å². The van der Waals surface area contributed by atoms with E-state index in [1.165, 1.54) is 44.9 Å². The van der Waals surface area contributed by atoms with E-state index in [2.05, 4.69) is 6.92 Å². The van der Waals surface area contributed by atoms with Crippen LogP contribution in [0.4, 0.5) is 0 Å². The van der Waals surface area contributed by atoms with Crippen molar-refractivity contribution in [2.24, 2.45) is 17.1 Å². The average Bonchev–Trinajstić information content (AvgIpc) is 2.75. The molecule has 2 heteroatoms. The zero-order chi connectivity index (χ0) is 10.7. The highest BCUT2D eigenvalue weighted by atomic mass is 16.5. The van der Waals surface area contributed by atoms with E-state index in [0.29, 0.717) is 11.5 Å². The maximum atomic E-state index is 6.01. The van der Waals surface area contributed by atoms with Crippen molar-refractivity contribution in [1.82, 2.24) is 0 Å². The largest absolute Gasteiger partial charge is 0.378 e. The van der Waals surface area contributed by atoms with Gasteiger partial charge in [-0.3, -0.25) is 0 Å². The van der Waals surface area contributed by atoms with Gasteiger partial charge in [0.15, 0.2) is 0 Å². The zero-order valence-electron chi connectivity index (χ0n) is 10.0. The molecular formula is C13H25NO. The van der Waals surface area contributed by atoms with Gasteiger partial charge in [-0.1, -0.05) is 19.8 Å². The van der Waals surface area contributed by atoms with Gasteiger partial charge in [0.1, 0.15) is 0 Å². The zero-order valence-corrected chi connectivity index (χ0v) is 10.0. The number of rotatable bonds is 3. The molecule has 2 aliphatic rings. The lowest BCUT2D eigenvalue weighted by atomic mass is 9.68. The third kappa shape index (κ3) is 2.73.